The van der Waals surface area contributed by atoms with Gasteiger partial charge in [-0.3, -0.25) is 4.79 Å². The van der Waals surface area contributed by atoms with Gasteiger partial charge in [0.2, 0.25) is 5.91 Å². The lowest BCUT2D eigenvalue weighted by Gasteiger charge is -2.34. The lowest BCUT2D eigenvalue weighted by atomic mass is 9.81. The summed E-state index contributed by atoms with van der Waals surface area (Å²) in [5, 5.41) is 2.36. The predicted molar refractivity (Wildman–Crippen MR) is 41.0 cm³/mol. The van der Waals surface area contributed by atoms with Crippen LogP contribution >= 0.6 is 0 Å². The fourth-order valence-corrected chi connectivity index (χ4v) is 1.32. The molecule has 1 amide bonds. The normalized spacial score (nSPS) is 28.0. The number of hydrogen-bond donors (Lipinski definition) is 1. The first-order valence-electron chi connectivity index (χ1n) is 4.24. The van der Waals surface area contributed by atoms with Crippen molar-refractivity contribution in [1.29, 1.82) is 0 Å². The van der Waals surface area contributed by atoms with Crippen molar-refractivity contribution >= 4 is 5.91 Å². The number of halogens is 3. The maximum absolute atomic E-state index is 11.7. The van der Waals surface area contributed by atoms with Gasteiger partial charge in [0.25, 0.3) is 0 Å². The molecule has 0 aromatic heterocycles. The van der Waals surface area contributed by atoms with E-state index in [0.29, 0.717) is 5.92 Å². The molecule has 2 nitrogen and oxygen atoms in total. The fourth-order valence-electron chi connectivity index (χ4n) is 1.32. The lowest BCUT2D eigenvalue weighted by Crippen LogP contribution is -2.46. The third-order valence-electron chi connectivity index (χ3n) is 2.33. The summed E-state index contributed by atoms with van der Waals surface area (Å²) in [5.74, 6) is -0.596. The molecule has 1 rings (SSSR count). The standard InChI is InChI=1S/C8H12F3NO/c1-5-2-3-6(5)12-7(13)4-8(9,10)11/h5-6H,2-4H2,1H3,(H,12,13). The van der Waals surface area contributed by atoms with Gasteiger partial charge in [-0.1, -0.05) is 6.92 Å². The zero-order chi connectivity index (χ0) is 10.1. The maximum Gasteiger partial charge on any atom is 0.397 e. The molecule has 0 saturated heterocycles. The molecule has 13 heavy (non-hydrogen) atoms. The van der Waals surface area contributed by atoms with E-state index >= 15 is 0 Å². The van der Waals surface area contributed by atoms with Crippen LogP contribution in [0.25, 0.3) is 0 Å². The molecule has 0 aliphatic heterocycles. The van der Waals surface area contributed by atoms with Gasteiger partial charge in [-0.25, -0.2) is 0 Å². The molecule has 0 radical (unpaired) electrons. The Morgan fingerprint density at radius 1 is 1.46 bits per heavy atom. The summed E-state index contributed by atoms with van der Waals surface area (Å²) < 4.78 is 35.1. The summed E-state index contributed by atoms with van der Waals surface area (Å²) >= 11 is 0. The Morgan fingerprint density at radius 2 is 2.08 bits per heavy atom. The summed E-state index contributed by atoms with van der Waals surface area (Å²) in [4.78, 5) is 10.8. The van der Waals surface area contributed by atoms with E-state index in [-0.39, 0.29) is 6.04 Å². The van der Waals surface area contributed by atoms with Gasteiger partial charge >= 0.3 is 6.18 Å². The van der Waals surface area contributed by atoms with E-state index in [1.165, 1.54) is 0 Å². The molecular weight excluding hydrogens is 183 g/mol. The van der Waals surface area contributed by atoms with Gasteiger partial charge in [0.1, 0.15) is 6.42 Å². The average Bonchev–Trinajstić information content (AvgIpc) is 1.94. The maximum atomic E-state index is 11.7. The third-order valence-corrected chi connectivity index (χ3v) is 2.33. The molecule has 0 bridgehead atoms. The second-order valence-electron chi connectivity index (χ2n) is 3.52. The quantitative estimate of drug-likeness (QED) is 0.715. The zero-order valence-corrected chi connectivity index (χ0v) is 7.32. The average molecular weight is 195 g/mol. The molecule has 2 unspecified atom stereocenters. The number of amides is 1. The molecule has 1 fully saturated rings. The highest BCUT2D eigenvalue weighted by Crippen LogP contribution is 2.27. The summed E-state index contributed by atoms with van der Waals surface area (Å²) in [5.41, 5.74) is 0. The lowest BCUT2D eigenvalue weighted by molar-refractivity contribution is -0.154. The van der Waals surface area contributed by atoms with E-state index in [4.69, 9.17) is 0 Å². The van der Waals surface area contributed by atoms with E-state index in [1.807, 2.05) is 6.92 Å². The number of nitrogens with one attached hydrogen (secondary N) is 1. The van der Waals surface area contributed by atoms with Crippen molar-refractivity contribution in [3.8, 4) is 0 Å². The summed E-state index contributed by atoms with van der Waals surface area (Å²) in [6.45, 7) is 1.92. The zero-order valence-electron chi connectivity index (χ0n) is 7.32. The highest BCUT2D eigenvalue weighted by atomic mass is 19.4. The monoisotopic (exact) mass is 195 g/mol. The molecule has 1 saturated carbocycles. The van der Waals surface area contributed by atoms with Crippen LogP contribution in [-0.4, -0.2) is 18.1 Å². The largest absolute Gasteiger partial charge is 0.397 e. The van der Waals surface area contributed by atoms with Crippen LogP contribution in [0.2, 0.25) is 0 Å². The van der Waals surface area contributed by atoms with Gasteiger partial charge in [0, 0.05) is 6.04 Å². The topological polar surface area (TPSA) is 29.1 Å². The highest BCUT2D eigenvalue weighted by molar-refractivity contribution is 5.77. The van der Waals surface area contributed by atoms with Crippen LogP contribution in [0.1, 0.15) is 26.2 Å². The first kappa shape index (κ1) is 10.3. The molecule has 1 aliphatic carbocycles. The van der Waals surface area contributed by atoms with Crippen molar-refractivity contribution in [2.45, 2.75) is 38.4 Å². The van der Waals surface area contributed by atoms with Crippen molar-refractivity contribution in [3.05, 3.63) is 0 Å². The Hall–Kier alpha value is -0.740. The van der Waals surface area contributed by atoms with E-state index in [1.54, 1.807) is 0 Å². The molecule has 0 spiro atoms. The van der Waals surface area contributed by atoms with E-state index < -0.39 is 18.5 Å². The van der Waals surface area contributed by atoms with Gasteiger partial charge in [-0.2, -0.15) is 13.2 Å². The number of rotatable bonds is 2. The summed E-state index contributed by atoms with van der Waals surface area (Å²) in [6.07, 6.45) is -3.98. The van der Waals surface area contributed by atoms with E-state index in [2.05, 4.69) is 5.32 Å². The molecule has 76 valence electrons. The summed E-state index contributed by atoms with van der Waals surface area (Å²) in [7, 11) is 0. The molecule has 1 aliphatic rings. The van der Waals surface area contributed by atoms with E-state index in [9.17, 15) is 18.0 Å². The van der Waals surface area contributed by atoms with Gasteiger partial charge in [-0.05, 0) is 18.8 Å². The molecular formula is C8H12F3NO. The van der Waals surface area contributed by atoms with Crippen LogP contribution in [0.15, 0.2) is 0 Å². The SMILES string of the molecule is CC1CCC1NC(=O)CC(F)(F)F. The molecule has 5 heteroatoms. The second kappa shape index (κ2) is 3.55. The number of alkyl halides is 3. The molecule has 0 aromatic carbocycles. The Kier molecular flexibility index (Phi) is 2.83. The van der Waals surface area contributed by atoms with Gasteiger partial charge in [-0.15, -0.1) is 0 Å². The molecule has 2 atom stereocenters. The van der Waals surface area contributed by atoms with Crippen molar-refractivity contribution in [2.24, 2.45) is 5.92 Å². The summed E-state index contributed by atoms with van der Waals surface area (Å²) in [6, 6.07) is -0.0464. The van der Waals surface area contributed by atoms with Crippen LogP contribution in [0.4, 0.5) is 13.2 Å². The van der Waals surface area contributed by atoms with Gasteiger partial charge in [0.05, 0.1) is 0 Å². The van der Waals surface area contributed by atoms with Gasteiger partial charge in [0.15, 0.2) is 0 Å². The predicted octanol–water partition coefficient (Wildman–Crippen LogP) is 1.85. The smallest absolute Gasteiger partial charge is 0.353 e. The number of carbonyl (C=O) groups is 1. The van der Waals surface area contributed by atoms with Crippen LogP contribution in [0.3, 0.4) is 0 Å². The van der Waals surface area contributed by atoms with Crippen molar-refractivity contribution < 1.29 is 18.0 Å². The van der Waals surface area contributed by atoms with Crippen LogP contribution in [0, 0.1) is 5.92 Å². The van der Waals surface area contributed by atoms with Crippen LogP contribution < -0.4 is 5.32 Å². The minimum Gasteiger partial charge on any atom is -0.353 e. The number of carbonyl (C=O) groups excluding carboxylic acids is 1. The Bertz CT molecular complexity index is 202. The van der Waals surface area contributed by atoms with Crippen LogP contribution in [-0.2, 0) is 4.79 Å². The number of hydrogen-bond acceptors (Lipinski definition) is 1. The van der Waals surface area contributed by atoms with Crippen molar-refractivity contribution in [1.82, 2.24) is 5.32 Å². The minimum absolute atomic E-state index is 0.0464. The van der Waals surface area contributed by atoms with Crippen molar-refractivity contribution in [3.63, 3.8) is 0 Å². The van der Waals surface area contributed by atoms with Crippen LogP contribution in [0.5, 0.6) is 0 Å². The Labute approximate surface area is 74.5 Å². The third kappa shape index (κ3) is 3.24. The first-order valence-corrected chi connectivity index (χ1v) is 4.24. The van der Waals surface area contributed by atoms with Crippen molar-refractivity contribution in [2.75, 3.05) is 0 Å². The fraction of sp³-hybridized carbons (Fsp3) is 0.875. The molecule has 1 N–H and O–H groups in total. The highest BCUT2D eigenvalue weighted by Gasteiger charge is 2.34. The minimum atomic E-state index is -4.39. The Balaban J connectivity index is 2.25. The first-order chi connectivity index (χ1) is 5.88. The Morgan fingerprint density at radius 3 is 2.38 bits per heavy atom. The second-order valence-corrected chi connectivity index (χ2v) is 3.52. The molecule has 0 heterocycles. The van der Waals surface area contributed by atoms with E-state index in [0.717, 1.165) is 12.8 Å². The molecule has 0 aromatic rings. The van der Waals surface area contributed by atoms with Gasteiger partial charge < -0.3 is 5.32 Å².